The largest absolute Gasteiger partial charge is 0.394 e. The van der Waals surface area contributed by atoms with Gasteiger partial charge in [-0.05, 0) is 101 Å². The molecule has 0 spiro atoms. The fourth-order valence-electron chi connectivity index (χ4n) is 11.5. The molecular formula is C40H65N5O8. The topological polar surface area (TPSA) is 161 Å². The van der Waals surface area contributed by atoms with Gasteiger partial charge in [-0.1, -0.05) is 27.2 Å². The number of nitrogens with zero attached hydrogens (tertiary/aromatic N) is 3. The van der Waals surface area contributed by atoms with Crippen LogP contribution in [0.4, 0.5) is 0 Å². The van der Waals surface area contributed by atoms with E-state index in [4.69, 9.17) is 9.57 Å². The first-order chi connectivity index (χ1) is 25.2. The summed E-state index contributed by atoms with van der Waals surface area (Å²) in [5.41, 5.74) is 0.295. The summed E-state index contributed by atoms with van der Waals surface area (Å²) in [6, 6.07) is -0.469. The molecule has 7 aliphatic rings. The molecule has 4 N–H and O–H groups in total. The predicted octanol–water partition coefficient (Wildman–Crippen LogP) is 1.97. The van der Waals surface area contributed by atoms with Crippen molar-refractivity contribution >= 4 is 23.6 Å². The van der Waals surface area contributed by atoms with Gasteiger partial charge in [-0.25, -0.2) is 0 Å². The van der Waals surface area contributed by atoms with Crippen molar-refractivity contribution < 1.29 is 39.0 Å². The van der Waals surface area contributed by atoms with Crippen molar-refractivity contribution in [2.45, 2.75) is 115 Å². The number of aliphatic hydroxyl groups excluding tert-OH is 2. The van der Waals surface area contributed by atoms with Gasteiger partial charge in [0.2, 0.25) is 11.8 Å². The molecule has 5 saturated carbocycles. The maximum atomic E-state index is 14.3. The van der Waals surface area contributed by atoms with Crippen LogP contribution in [0.5, 0.6) is 0 Å². The Labute approximate surface area is 315 Å². The van der Waals surface area contributed by atoms with Gasteiger partial charge >= 0.3 is 0 Å². The number of hydroxylamine groups is 2. The van der Waals surface area contributed by atoms with Crippen molar-refractivity contribution in [3.05, 3.63) is 12.2 Å². The third kappa shape index (κ3) is 7.98. The molecule has 0 radical (unpaired) electrons. The van der Waals surface area contributed by atoms with Crippen molar-refractivity contribution in [1.82, 2.24) is 25.5 Å². The van der Waals surface area contributed by atoms with E-state index >= 15 is 0 Å². The number of rotatable bonds is 13. The number of imide groups is 1. The lowest BCUT2D eigenvalue weighted by atomic mass is 9.45. The number of methoxy groups -OCH3 is 1. The van der Waals surface area contributed by atoms with Crippen molar-refractivity contribution in [1.29, 1.82) is 0 Å². The normalized spacial score (nSPS) is 40.3. The van der Waals surface area contributed by atoms with Crippen molar-refractivity contribution in [2.75, 3.05) is 47.4 Å². The maximum absolute atomic E-state index is 14.3. The smallest absolute Gasteiger partial charge is 0.253 e. The number of carbonyl (C=O) groups is 4. The Hall–Kier alpha value is -2.42. The van der Waals surface area contributed by atoms with Crippen LogP contribution in [0.25, 0.3) is 0 Å². The van der Waals surface area contributed by atoms with Crippen LogP contribution in [0.2, 0.25) is 0 Å². The van der Waals surface area contributed by atoms with Gasteiger partial charge in [0.15, 0.2) is 0 Å². The molecule has 298 valence electrons. The molecule has 2 heterocycles. The molecule has 4 amide bonds. The minimum Gasteiger partial charge on any atom is -0.394 e. The van der Waals surface area contributed by atoms with Crippen molar-refractivity contribution in [2.24, 2.45) is 52.8 Å². The van der Waals surface area contributed by atoms with E-state index in [1.165, 1.54) is 18.6 Å². The average molecular weight is 744 g/mol. The fraction of sp³-hybridized carbons (Fsp3) is 0.850. The molecule has 2 aliphatic heterocycles. The van der Waals surface area contributed by atoms with Gasteiger partial charge in [-0.15, -0.1) is 0 Å². The second kappa shape index (κ2) is 16.4. The van der Waals surface area contributed by atoms with Gasteiger partial charge in [-0.2, -0.15) is 5.06 Å². The van der Waals surface area contributed by atoms with Crippen molar-refractivity contribution in [3.63, 3.8) is 0 Å². The van der Waals surface area contributed by atoms with Crippen LogP contribution in [-0.4, -0.2) is 133 Å². The van der Waals surface area contributed by atoms with Gasteiger partial charge in [0, 0.05) is 68.7 Å². The van der Waals surface area contributed by atoms with Crippen LogP contribution in [0.15, 0.2) is 12.2 Å². The number of amides is 4. The summed E-state index contributed by atoms with van der Waals surface area (Å²) < 4.78 is 6.34. The highest BCUT2D eigenvalue weighted by Crippen LogP contribution is 2.61. The monoisotopic (exact) mass is 743 g/mol. The molecule has 0 aromatic rings. The molecule has 7 rings (SSSR count). The lowest BCUT2D eigenvalue weighted by molar-refractivity contribution is -0.193. The van der Waals surface area contributed by atoms with E-state index in [1.54, 1.807) is 19.1 Å². The molecule has 0 aromatic heterocycles. The van der Waals surface area contributed by atoms with Gasteiger partial charge in [0.1, 0.15) is 12.1 Å². The summed E-state index contributed by atoms with van der Waals surface area (Å²) in [7, 11) is 5.87. The van der Waals surface area contributed by atoms with Crippen molar-refractivity contribution in [3.8, 4) is 0 Å². The zero-order valence-electron chi connectivity index (χ0n) is 32.9. The Balaban J connectivity index is 1.14. The summed E-state index contributed by atoms with van der Waals surface area (Å²) in [5, 5.41) is 29.5. The molecule has 53 heavy (non-hydrogen) atoms. The lowest BCUT2D eigenvalue weighted by Gasteiger charge is -2.62. The zero-order valence-corrected chi connectivity index (χ0v) is 32.9. The fourth-order valence-corrected chi connectivity index (χ4v) is 11.5. The molecule has 1 saturated heterocycles. The summed E-state index contributed by atoms with van der Waals surface area (Å²) in [4.78, 5) is 61.5. The van der Waals surface area contributed by atoms with Crippen LogP contribution < -0.4 is 10.6 Å². The number of aliphatic hydroxyl groups is 2. The molecule has 6 unspecified atom stereocenters. The standard InChI is InChI=1S/C40H65N5O8/c1-22-30-18-27(40(30,3)4)19-31(22)42-39(51)36-35(23(2)47)32(21-46)53-45(36)20-24-9-8-10-29(37(24)52-7)25-15-26(17-28(16-25)43(5)6)38(50)41-13-14-44-33(48)11-12-34(44)49/h11-12,22-32,35-37,46-47H,8-10,13-21H2,1-7H3,(H,41,50)(H,42,51)/t22-,23-,24?,25?,26?,27+,28?,29?,30-,31-,32-,35+,36-,37?/m0/s1. The highest BCUT2D eigenvalue weighted by molar-refractivity contribution is 6.12. The van der Waals surface area contributed by atoms with Crippen LogP contribution in [-0.2, 0) is 28.8 Å². The number of nitrogens with one attached hydrogen (secondary N) is 2. The summed E-state index contributed by atoms with van der Waals surface area (Å²) in [6.07, 6.45) is 8.22. The Bertz CT molecular complexity index is 1370. The SMILES string of the molecule is COC1C(CN2O[C@@H](CO)[C@@H]([C@H](C)O)[C@H]2C(=O)N[C@H]2C[C@H]3C[C@@H]([C@@H]2C)C3(C)C)CCCC1C1CC(C(=O)NCCN2C(=O)C=CC2=O)CC(N(C)C)C1. The predicted molar refractivity (Wildman–Crippen MR) is 198 cm³/mol. The second-order valence-corrected chi connectivity index (χ2v) is 18.0. The summed E-state index contributed by atoms with van der Waals surface area (Å²) >= 11 is 0. The number of fused-ring (bicyclic) bond motifs is 2. The molecule has 13 nitrogen and oxygen atoms in total. The Morgan fingerprint density at radius 2 is 1.79 bits per heavy atom. The highest BCUT2D eigenvalue weighted by atomic mass is 16.7. The first-order valence-electron chi connectivity index (χ1n) is 20.2. The molecule has 6 fully saturated rings. The average Bonchev–Trinajstić information content (AvgIpc) is 3.66. The van der Waals surface area contributed by atoms with E-state index in [0.717, 1.165) is 49.8 Å². The van der Waals surface area contributed by atoms with Crippen LogP contribution in [0, 0.1) is 52.8 Å². The molecule has 0 aromatic carbocycles. The van der Waals surface area contributed by atoms with E-state index in [9.17, 15) is 29.4 Å². The van der Waals surface area contributed by atoms with Gasteiger partial charge in [0.25, 0.3) is 11.8 Å². The lowest BCUT2D eigenvalue weighted by Crippen LogP contribution is -2.62. The minimum atomic E-state index is -0.859. The number of hydrogen-bond donors (Lipinski definition) is 4. The zero-order chi connectivity index (χ0) is 38.4. The van der Waals surface area contributed by atoms with Crippen LogP contribution >= 0.6 is 0 Å². The quantitative estimate of drug-likeness (QED) is 0.206. The minimum absolute atomic E-state index is 0.0411. The van der Waals surface area contributed by atoms with E-state index in [2.05, 4.69) is 50.4 Å². The Kier molecular flexibility index (Phi) is 12.4. The van der Waals surface area contributed by atoms with E-state index in [1.807, 2.05) is 0 Å². The Morgan fingerprint density at radius 3 is 2.40 bits per heavy atom. The van der Waals surface area contributed by atoms with Gasteiger partial charge < -0.3 is 30.5 Å². The number of ether oxygens (including phenoxy) is 1. The molecular weight excluding hydrogens is 678 g/mol. The molecule has 2 bridgehead atoms. The molecule has 5 aliphatic carbocycles. The first-order valence-corrected chi connectivity index (χ1v) is 20.2. The summed E-state index contributed by atoms with van der Waals surface area (Å²) in [6.45, 7) is 9.11. The van der Waals surface area contributed by atoms with Gasteiger partial charge in [0.05, 0.1) is 18.8 Å². The third-order valence-electron chi connectivity index (χ3n) is 14.7. The highest BCUT2D eigenvalue weighted by Gasteiger charge is 2.58. The number of carbonyl (C=O) groups excluding carboxylic acids is 4. The molecule has 13 heteroatoms. The first kappa shape index (κ1) is 40.2. The maximum Gasteiger partial charge on any atom is 0.253 e. The van der Waals surface area contributed by atoms with E-state index < -0.39 is 24.2 Å². The second-order valence-electron chi connectivity index (χ2n) is 18.0. The van der Waals surface area contributed by atoms with Gasteiger partial charge in [-0.3, -0.25) is 28.9 Å². The number of hydrogen-bond acceptors (Lipinski definition) is 10. The summed E-state index contributed by atoms with van der Waals surface area (Å²) in [5.74, 6) is 0.267. The third-order valence-corrected chi connectivity index (χ3v) is 14.7. The van der Waals surface area contributed by atoms with Crippen LogP contribution in [0.1, 0.15) is 79.1 Å². The van der Waals surface area contributed by atoms with E-state index in [0.29, 0.717) is 29.7 Å². The Morgan fingerprint density at radius 1 is 1.08 bits per heavy atom. The van der Waals surface area contributed by atoms with E-state index in [-0.39, 0.29) is 85.2 Å². The van der Waals surface area contributed by atoms with Crippen LogP contribution in [0.3, 0.4) is 0 Å². The molecule has 14 atom stereocenters.